The van der Waals surface area contributed by atoms with Crippen LogP contribution in [0.2, 0.25) is 0 Å². The lowest BCUT2D eigenvalue weighted by atomic mass is 9.89. The first kappa shape index (κ1) is 23.0. The molecule has 0 saturated carbocycles. The van der Waals surface area contributed by atoms with E-state index in [9.17, 15) is 4.79 Å². The molecule has 1 amide bonds. The standard InChI is InChI=1S/C27H27N3O4S/c1-32-17-12-13-20(33-2)19(16-17)25(29-23-11-5-6-14-28-23)24-18-8-3-4-10-22(18)35-27(24)30-26(31)21-9-7-15-34-21/h5-7,9,11-16,25H,3-4,8,10H2,1-2H3,(H,28,29)(H,30,31)/t25-/m1/s1. The fourth-order valence-corrected chi connectivity index (χ4v) is 5.85. The van der Waals surface area contributed by atoms with Crippen LogP contribution in [0.4, 0.5) is 10.8 Å². The molecular formula is C27H27N3O4S. The van der Waals surface area contributed by atoms with Gasteiger partial charge in [0.05, 0.1) is 26.5 Å². The van der Waals surface area contributed by atoms with Crippen LogP contribution in [0.1, 0.15) is 51.0 Å². The number of furan rings is 1. The summed E-state index contributed by atoms with van der Waals surface area (Å²) in [6.45, 7) is 0. The van der Waals surface area contributed by atoms with Crippen molar-refractivity contribution in [3.8, 4) is 11.5 Å². The first-order valence-corrected chi connectivity index (χ1v) is 12.4. The van der Waals surface area contributed by atoms with E-state index in [4.69, 9.17) is 13.9 Å². The van der Waals surface area contributed by atoms with Crippen molar-refractivity contribution in [3.63, 3.8) is 0 Å². The molecule has 8 heteroatoms. The highest BCUT2D eigenvalue weighted by atomic mass is 32.1. The molecule has 1 atom stereocenters. The number of hydrogen-bond acceptors (Lipinski definition) is 7. The van der Waals surface area contributed by atoms with Crippen LogP contribution in [0, 0.1) is 0 Å². The predicted octanol–water partition coefficient (Wildman–Crippen LogP) is 6.09. The summed E-state index contributed by atoms with van der Waals surface area (Å²) in [5.74, 6) is 2.16. The highest BCUT2D eigenvalue weighted by molar-refractivity contribution is 7.16. The summed E-state index contributed by atoms with van der Waals surface area (Å²) >= 11 is 1.64. The summed E-state index contributed by atoms with van der Waals surface area (Å²) in [5, 5.41) is 7.54. The van der Waals surface area contributed by atoms with Gasteiger partial charge in [0, 0.05) is 22.2 Å². The molecule has 2 N–H and O–H groups in total. The molecule has 3 aromatic heterocycles. The first-order valence-electron chi connectivity index (χ1n) is 11.6. The van der Waals surface area contributed by atoms with Crippen LogP contribution in [0.5, 0.6) is 11.5 Å². The van der Waals surface area contributed by atoms with Crippen LogP contribution in [0.25, 0.3) is 0 Å². The fourth-order valence-electron chi connectivity index (χ4n) is 4.53. The van der Waals surface area contributed by atoms with Gasteiger partial charge in [-0.15, -0.1) is 11.3 Å². The molecule has 0 aliphatic heterocycles. The van der Waals surface area contributed by atoms with Gasteiger partial charge in [0.2, 0.25) is 0 Å². The lowest BCUT2D eigenvalue weighted by Gasteiger charge is -2.25. The number of anilines is 2. The highest BCUT2D eigenvalue weighted by Gasteiger charge is 2.31. The molecule has 1 aromatic carbocycles. The van der Waals surface area contributed by atoms with E-state index in [-0.39, 0.29) is 17.7 Å². The van der Waals surface area contributed by atoms with Crippen molar-refractivity contribution < 1.29 is 18.7 Å². The zero-order valence-corrected chi connectivity index (χ0v) is 20.5. The number of carbonyl (C=O) groups excluding carboxylic acids is 1. The van der Waals surface area contributed by atoms with E-state index in [1.807, 2.05) is 36.4 Å². The molecule has 0 spiro atoms. The van der Waals surface area contributed by atoms with Gasteiger partial charge in [-0.05, 0) is 73.7 Å². The quantitative estimate of drug-likeness (QED) is 0.312. The normalized spacial score (nSPS) is 13.5. The van der Waals surface area contributed by atoms with Gasteiger partial charge in [0.15, 0.2) is 5.76 Å². The minimum Gasteiger partial charge on any atom is -0.497 e. The Hall–Kier alpha value is -3.78. The molecule has 0 saturated heterocycles. The highest BCUT2D eigenvalue weighted by Crippen LogP contribution is 2.46. The molecule has 1 aliphatic rings. The van der Waals surface area contributed by atoms with Crippen molar-refractivity contribution in [1.82, 2.24) is 4.98 Å². The summed E-state index contributed by atoms with van der Waals surface area (Å²) in [4.78, 5) is 18.8. The van der Waals surface area contributed by atoms with Crippen LogP contribution in [0.3, 0.4) is 0 Å². The second-order valence-electron chi connectivity index (χ2n) is 8.29. The Labute approximate surface area is 208 Å². The molecule has 0 radical (unpaired) electrons. The fraction of sp³-hybridized carbons (Fsp3) is 0.259. The van der Waals surface area contributed by atoms with Crippen LogP contribution in [0.15, 0.2) is 65.4 Å². The number of aryl methyl sites for hydroxylation is 1. The number of methoxy groups -OCH3 is 2. The molecule has 35 heavy (non-hydrogen) atoms. The number of ether oxygens (including phenoxy) is 2. The Morgan fingerprint density at radius 2 is 1.97 bits per heavy atom. The van der Waals surface area contributed by atoms with Crippen molar-refractivity contribution in [2.45, 2.75) is 31.7 Å². The Bertz CT molecular complexity index is 1300. The van der Waals surface area contributed by atoms with E-state index in [2.05, 4.69) is 15.6 Å². The second kappa shape index (κ2) is 10.2. The maximum Gasteiger partial charge on any atom is 0.291 e. The molecule has 180 valence electrons. The van der Waals surface area contributed by atoms with Crippen molar-refractivity contribution in [3.05, 3.63) is 88.3 Å². The number of hydrogen-bond donors (Lipinski definition) is 2. The topological polar surface area (TPSA) is 85.6 Å². The van der Waals surface area contributed by atoms with E-state index < -0.39 is 0 Å². The summed E-state index contributed by atoms with van der Waals surface area (Å²) in [5.41, 5.74) is 3.20. The largest absolute Gasteiger partial charge is 0.497 e. The summed E-state index contributed by atoms with van der Waals surface area (Å²) < 4.78 is 16.7. The molecule has 4 aromatic rings. The maximum atomic E-state index is 13.0. The Morgan fingerprint density at radius 3 is 2.71 bits per heavy atom. The van der Waals surface area contributed by atoms with Crippen molar-refractivity contribution in [2.75, 3.05) is 24.9 Å². The average molecular weight is 490 g/mol. The third-order valence-corrected chi connectivity index (χ3v) is 7.40. The third kappa shape index (κ3) is 4.74. The van der Waals surface area contributed by atoms with Crippen molar-refractivity contribution >= 4 is 28.1 Å². The van der Waals surface area contributed by atoms with Crippen LogP contribution >= 0.6 is 11.3 Å². The van der Waals surface area contributed by atoms with Gasteiger partial charge in [-0.25, -0.2) is 4.98 Å². The smallest absolute Gasteiger partial charge is 0.291 e. The summed E-state index contributed by atoms with van der Waals surface area (Å²) in [6, 6.07) is 14.6. The predicted molar refractivity (Wildman–Crippen MR) is 137 cm³/mol. The summed E-state index contributed by atoms with van der Waals surface area (Å²) in [6.07, 6.45) is 7.44. The molecule has 3 heterocycles. The Morgan fingerprint density at radius 1 is 1.09 bits per heavy atom. The molecule has 1 aliphatic carbocycles. The van der Waals surface area contributed by atoms with Gasteiger partial charge < -0.3 is 24.5 Å². The number of fused-ring (bicyclic) bond motifs is 1. The van der Waals surface area contributed by atoms with Crippen LogP contribution in [-0.4, -0.2) is 25.1 Å². The molecule has 5 rings (SSSR count). The number of aromatic nitrogens is 1. The van der Waals surface area contributed by atoms with E-state index >= 15 is 0 Å². The van der Waals surface area contributed by atoms with E-state index in [1.54, 1.807) is 43.9 Å². The average Bonchev–Trinajstić information content (AvgIpc) is 3.56. The van der Waals surface area contributed by atoms with E-state index in [0.717, 1.165) is 59.1 Å². The zero-order chi connectivity index (χ0) is 24.2. The van der Waals surface area contributed by atoms with Gasteiger partial charge in [-0.3, -0.25) is 4.79 Å². The number of rotatable bonds is 8. The third-order valence-electron chi connectivity index (χ3n) is 6.18. The number of nitrogens with zero attached hydrogens (tertiary/aromatic N) is 1. The minimum atomic E-state index is -0.333. The number of thiophene rings is 1. The number of benzene rings is 1. The summed E-state index contributed by atoms with van der Waals surface area (Å²) in [7, 11) is 3.31. The minimum absolute atomic E-state index is 0.274. The number of carbonyl (C=O) groups is 1. The van der Waals surface area contributed by atoms with Gasteiger partial charge in [0.25, 0.3) is 5.91 Å². The van der Waals surface area contributed by atoms with Gasteiger partial charge >= 0.3 is 0 Å². The van der Waals surface area contributed by atoms with Gasteiger partial charge in [-0.2, -0.15) is 0 Å². The SMILES string of the molecule is COc1ccc(OC)c([C@@H](Nc2ccccn2)c2c(NC(=O)c3ccco3)sc3c2CCCC3)c1. The number of pyridine rings is 1. The molecular weight excluding hydrogens is 462 g/mol. The van der Waals surface area contributed by atoms with Crippen LogP contribution < -0.4 is 20.1 Å². The number of amides is 1. The lowest BCUT2D eigenvalue weighted by molar-refractivity contribution is 0.0997. The van der Waals surface area contributed by atoms with Crippen molar-refractivity contribution in [2.24, 2.45) is 0 Å². The van der Waals surface area contributed by atoms with E-state index in [1.165, 1.54) is 16.7 Å². The molecule has 0 fully saturated rings. The second-order valence-corrected chi connectivity index (χ2v) is 9.39. The van der Waals surface area contributed by atoms with Crippen LogP contribution in [-0.2, 0) is 12.8 Å². The maximum absolute atomic E-state index is 13.0. The molecule has 0 unspecified atom stereocenters. The Balaban J connectivity index is 1.67. The zero-order valence-electron chi connectivity index (χ0n) is 19.7. The van der Waals surface area contributed by atoms with Crippen molar-refractivity contribution in [1.29, 1.82) is 0 Å². The first-order chi connectivity index (χ1) is 17.2. The lowest BCUT2D eigenvalue weighted by Crippen LogP contribution is -2.19. The monoisotopic (exact) mass is 489 g/mol. The number of nitrogens with one attached hydrogen (secondary N) is 2. The van der Waals surface area contributed by atoms with E-state index in [0.29, 0.717) is 0 Å². The van der Waals surface area contributed by atoms with Gasteiger partial charge in [-0.1, -0.05) is 6.07 Å². The van der Waals surface area contributed by atoms with Gasteiger partial charge in [0.1, 0.15) is 22.3 Å². The Kier molecular flexibility index (Phi) is 6.72. The molecule has 7 nitrogen and oxygen atoms in total. The molecule has 0 bridgehead atoms.